The largest absolute Gasteiger partial charge is 0.448 e. The second-order valence-corrected chi connectivity index (χ2v) is 2.23. The lowest BCUT2D eigenvalue weighted by Gasteiger charge is -2.16. The van der Waals surface area contributed by atoms with E-state index in [1.165, 1.54) is 19.4 Å². The van der Waals surface area contributed by atoms with Gasteiger partial charge in [-0.1, -0.05) is 0 Å². The molecule has 0 radical (unpaired) electrons. The average molecular weight is 182 g/mol. The third kappa shape index (κ3) is 1.78. The highest BCUT2D eigenvalue weighted by molar-refractivity contribution is 6.12. The van der Waals surface area contributed by atoms with Gasteiger partial charge in [0.25, 0.3) is 0 Å². The number of furan rings is 1. The molecule has 0 spiro atoms. The second kappa shape index (κ2) is 3.61. The van der Waals surface area contributed by atoms with Gasteiger partial charge in [-0.25, -0.2) is 9.69 Å². The molecule has 0 atom stereocenters. The predicted molar refractivity (Wildman–Crippen MR) is 47.6 cm³/mol. The Labute approximate surface area is 74.8 Å². The maximum Gasteiger partial charge on any atom is 0.331 e. The Morgan fingerprint density at radius 3 is 2.85 bits per heavy atom. The molecule has 0 aromatic carbocycles. The summed E-state index contributed by atoms with van der Waals surface area (Å²) in [5.41, 5.74) is 5.19. The van der Waals surface area contributed by atoms with E-state index in [0.29, 0.717) is 0 Å². The predicted octanol–water partition coefficient (Wildman–Crippen LogP) is 0.319. The van der Waals surface area contributed by atoms with Gasteiger partial charge in [0.05, 0.1) is 6.26 Å². The van der Waals surface area contributed by atoms with E-state index in [-0.39, 0.29) is 5.88 Å². The van der Waals surface area contributed by atoms with E-state index in [2.05, 4.69) is 5.32 Å². The van der Waals surface area contributed by atoms with Crippen LogP contribution in [0.4, 0.5) is 10.7 Å². The molecule has 4 N–H and O–H groups in total. The van der Waals surface area contributed by atoms with Crippen LogP contribution in [0.5, 0.6) is 0 Å². The molecule has 6 heteroatoms. The lowest BCUT2D eigenvalue weighted by molar-refractivity contribution is 0.250. The Balaban J connectivity index is 2.93. The molecule has 0 aliphatic carbocycles. The molecule has 0 unspecified atom stereocenters. The first kappa shape index (κ1) is 9.11. The number of nitrogens with one attached hydrogen (secondary N) is 2. The minimum Gasteiger partial charge on any atom is -0.448 e. The van der Waals surface area contributed by atoms with Crippen LogP contribution >= 0.6 is 0 Å². The summed E-state index contributed by atoms with van der Waals surface area (Å²) in [6, 6.07) is 2.63. The summed E-state index contributed by atoms with van der Waals surface area (Å²) in [6.45, 7) is 0. The topological polar surface area (TPSA) is 95.4 Å². The minimum absolute atomic E-state index is 0.215. The van der Waals surface area contributed by atoms with Crippen molar-refractivity contribution in [2.75, 3.05) is 11.9 Å². The molecule has 13 heavy (non-hydrogen) atoms. The van der Waals surface area contributed by atoms with Crippen molar-refractivity contribution in [2.45, 2.75) is 0 Å². The van der Waals surface area contributed by atoms with Crippen LogP contribution < -0.4 is 16.0 Å². The van der Waals surface area contributed by atoms with Crippen molar-refractivity contribution < 1.29 is 9.21 Å². The van der Waals surface area contributed by atoms with Crippen molar-refractivity contribution in [3.05, 3.63) is 18.4 Å². The number of amides is 2. The average Bonchev–Trinajstić information content (AvgIpc) is 2.56. The number of anilines is 1. The van der Waals surface area contributed by atoms with Gasteiger partial charge in [-0.15, -0.1) is 0 Å². The van der Waals surface area contributed by atoms with E-state index >= 15 is 0 Å². The van der Waals surface area contributed by atoms with Crippen LogP contribution in [0.25, 0.3) is 0 Å². The third-order valence-corrected chi connectivity index (χ3v) is 1.38. The zero-order valence-electron chi connectivity index (χ0n) is 7.07. The van der Waals surface area contributed by atoms with Gasteiger partial charge in [-0.3, -0.25) is 5.41 Å². The van der Waals surface area contributed by atoms with Crippen LogP contribution in [0.2, 0.25) is 0 Å². The molecule has 1 aromatic rings. The summed E-state index contributed by atoms with van der Waals surface area (Å²) >= 11 is 0. The fraction of sp³-hybridized carbons (Fsp3) is 0.143. The highest BCUT2D eigenvalue weighted by Gasteiger charge is 2.19. The first-order valence-electron chi connectivity index (χ1n) is 3.56. The number of guanidine groups is 1. The smallest absolute Gasteiger partial charge is 0.331 e. The summed E-state index contributed by atoms with van der Waals surface area (Å²) in [6.07, 6.45) is 1.40. The molecule has 0 saturated carbocycles. The third-order valence-electron chi connectivity index (χ3n) is 1.38. The van der Waals surface area contributed by atoms with Crippen molar-refractivity contribution in [3.63, 3.8) is 0 Å². The molecule has 6 nitrogen and oxygen atoms in total. The first-order valence-corrected chi connectivity index (χ1v) is 3.56. The van der Waals surface area contributed by atoms with Crippen LogP contribution in [0, 0.1) is 5.41 Å². The van der Waals surface area contributed by atoms with Gasteiger partial charge in [0.1, 0.15) is 0 Å². The standard InChI is InChI=1S/C7H10N4O2/c1-10-7(12)11(6(8)9)5-3-2-4-13-5/h2-4H,1H3,(H3,8,9)(H,10,12). The highest BCUT2D eigenvalue weighted by atomic mass is 16.3. The molecule has 0 saturated heterocycles. The lowest BCUT2D eigenvalue weighted by Crippen LogP contribution is -2.45. The molecular weight excluding hydrogens is 172 g/mol. The molecule has 0 bridgehead atoms. The quantitative estimate of drug-likeness (QED) is 0.431. The number of carbonyl (C=O) groups is 1. The zero-order valence-corrected chi connectivity index (χ0v) is 7.07. The molecular formula is C7H10N4O2. The molecule has 0 aliphatic rings. The number of hydrogen-bond acceptors (Lipinski definition) is 3. The minimum atomic E-state index is -0.512. The number of rotatable bonds is 1. The second-order valence-electron chi connectivity index (χ2n) is 2.23. The first-order chi connectivity index (χ1) is 6.16. The van der Waals surface area contributed by atoms with Crippen molar-refractivity contribution >= 4 is 17.9 Å². The Hall–Kier alpha value is -1.98. The SMILES string of the molecule is CNC(=O)N(C(=N)N)c1ccco1. The molecule has 1 aromatic heterocycles. The van der Waals surface area contributed by atoms with Crippen molar-refractivity contribution in [3.8, 4) is 0 Å². The number of urea groups is 1. The number of nitrogens with two attached hydrogens (primary N) is 1. The van der Waals surface area contributed by atoms with Gasteiger partial charge in [0, 0.05) is 13.1 Å². The maximum absolute atomic E-state index is 11.2. The fourth-order valence-electron chi connectivity index (χ4n) is 0.837. The Bertz CT molecular complexity index is 306. The summed E-state index contributed by atoms with van der Waals surface area (Å²) in [5, 5.41) is 9.49. The van der Waals surface area contributed by atoms with E-state index in [9.17, 15) is 4.79 Å². The van der Waals surface area contributed by atoms with Gasteiger partial charge >= 0.3 is 6.03 Å². The Morgan fingerprint density at radius 1 is 1.77 bits per heavy atom. The van der Waals surface area contributed by atoms with Crippen LogP contribution in [0.3, 0.4) is 0 Å². The molecule has 0 aliphatic heterocycles. The summed E-state index contributed by atoms with van der Waals surface area (Å²) in [4.78, 5) is 12.1. The Morgan fingerprint density at radius 2 is 2.46 bits per heavy atom. The van der Waals surface area contributed by atoms with Crippen LogP contribution in [0.15, 0.2) is 22.8 Å². The van der Waals surface area contributed by atoms with Crippen molar-refractivity contribution in [2.24, 2.45) is 5.73 Å². The summed E-state index contributed by atoms with van der Waals surface area (Å²) < 4.78 is 4.92. The van der Waals surface area contributed by atoms with E-state index in [0.717, 1.165) is 4.90 Å². The molecule has 1 rings (SSSR count). The van der Waals surface area contributed by atoms with Gasteiger partial charge in [-0.2, -0.15) is 0 Å². The van der Waals surface area contributed by atoms with Gasteiger partial charge in [0.2, 0.25) is 11.8 Å². The van der Waals surface area contributed by atoms with E-state index in [1.807, 2.05) is 0 Å². The summed E-state index contributed by atoms with van der Waals surface area (Å²) in [7, 11) is 1.45. The van der Waals surface area contributed by atoms with Crippen LogP contribution in [-0.4, -0.2) is 19.0 Å². The molecule has 1 heterocycles. The van der Waals surface area contributed by atoms with E-state index < -0.39 is 12.0 Å². The maximum atomic E-state index is 11.2. The zero-order chi connectivity index (χ0) is 9.84. The van der Waals surface area contributed by atoms with Crippen molar-refractivity contribution in [1.82, 2.24) is 5.32 Å². The molecule has 0 fully saturated rings. The molecule has 70 valence electrons. The van der Waals surface area contributed by atoms with Gasteiger partial charge in [0.15, 0.2) is 0 Å². The summed E-state index contributed by atoms with van der Waals surface area (Å²) in [5.74, 6) is -0.179. The number of carbonyl (C=O) groups excluding carboxylic acids is 1. The monoisotopic (exact) mass is 182 g/mol. The Kier molecular flexibility index (Phi) is 2.53. The van der Waals surface area contributed by atoms with Crippen LogP contribution in [-0.2, 0) is 0 Å². The highest BCUT2D eigenvalue weighted by Crippen LogP contribution is 2.13. The number of hydrogen-bond donors (Lipinski definition) is 3. The van der Waals surface area contributed by atoms with E-state index in [1.54, 1.807) is 6.07 Å². The normalized spacial score (nSPS) is 9.31. The number of nitrogens with zero attached hydrogens (tertiary/aromatic N) is 1. The van der Waals surface area contributed by atoms with Gasteiger partial charge in [-0.05, 0) is 6.07 Å². The lowest BCUT2D eigenvalue weighted by atomic mass is 10.5. The van der Waals surface area contributed by atoms with Gasteiger partial charge < -0.3 is 15.5 Å². The van der Waals surface area contributed by atoms with Crippen molar-refractivity contribution in [1.29, 1.82) is 5.41 Å². The molecule has 2 amide bonds. The fourth-order valence-corrected chi connectivity index (χ4v) is 0.837. The van der Waals surface area contributed by atoms with Crippen LogP contribution in [0.1, 0.15) is 0 Å². The van der Waals surface area contributed by atoms with E-state index in [4.69, 9.17) is 15.6 Å².